The topological polar surface area (TPSA) is 80.6 Å². The highest BCUT2D eigenvalue weighted by atomic mass is 35.5. The van der Waals surface area contributed by atoms with Crippen LogP contribution in [0.2, 0.25) is 5.02 Å². The first-order valence-electron chi connectivity index (χ1n) is 8.46. The SMILES string of the molecule is COc1c(Cl)ccc2c(=O)c3ccc(C4=CCNC4)cc3n(CC(=O)O)c12. The van der Waals surface area contributed by atoms with Gasteiger partial charge in [0, 0.05) is 18.5 Å². The van der Waals surface area contributed by atoms with Gasteiger partial charge in [0.2, 0.25) is 0 Å². The quantitative estimate of drug-likeness (QED) is 0.676. The van der Waals surface area contributed by atoms with Gasteiger partial charge in [-0.05, 0) is 35.4 Å². The summed E-state index contributed by atoms with van der Waals surface area (Å²) in [5.41, 5.74) is 2.82. The fourth-order valence-corrected chi connectivity index (χ4v) is 3.83. The lowest BCUT2D eigenvalue weighted by atomic mass is 10.0. The summed E-state index contributed by atoms with van der Waals surface area (Å²) in [5, 5.41) is 13.9. The Labute approximate surface area is 159 Å². The minimum Gasteiger partial charge on any atom is -0.493 e. The first kappa shape index (κ1) is 17.6. The Balaban J connectivity index is 2.16. The molecule has 2 aromatic carbocycles. The van der Waals surface area contributed by atoms with Crippen LogP contribution in [0.4, 0.5) is 0 Å². The van der Waals surface area contributed by atoms with Gasteiger partial charge in [0.15, 0.2) is 11.2 Å². The molecule has 0 radical (unpaired) electrons. The van der Waals surface area contributed by atoms with Gasteiger partial charge >= 0.3 is 5.97 Å². The molecule has 27 heavy (non-hydrogen) atoms. The van der Waals surface area contributed by atoms with Gasteiger partial charge in [0.05, 0.1) is 28.6 Å². The molecule has 7 heteroatoms. The van der Waals surface area contributed by atoms with E-state index in [1.54, 1.807) is 22.8 Å². The Morgan fingerprint density at radius 2 is 2.07 bits per heavy atom. The number of nitrogens with zero attached hydrogens (tertiary/aromatic N) is 1. The lowest BCUT2D eigenvalue weighted by Crippen LogP contribution is -2.17. The molecule has 1 aliphatic rings. The Bertz CT molecular complexity index is 1180. The fraction of sp³-hybridized carbons (Fsp3) is 0.200. The van der Waals surface area contributed by atoms with E-state index in [9.17, 15) is 14.7 Å². The van der Waals surface area contributed by atoms with Gasteiger partial charge in [-0.15, -0.1) is 0 Å². The molecule has 1 aromatic heterocycles. The Morgan fingerprint density at radius 1 is 1.30 bits per heavy atom. The molecule has 0 amide bonds. The van der Waals surface area contributed by atoms with Crippen LogP contribution < -0.4 is 15.5 Å². The molecule has 3 aromatic rings. The minimum absolute atomic E-state index is 0.179. The van der Waals surface area contributed by atoms with E-state index in [2.05, 4.69) is 11.4 Å². The van der Waals surface area contributed by atoms with Crippen molar-refractivity contribution in [1.82, 2.24) is 9.88 Å². The zero-order valence-electron chi connectivity index (χ0n) is 14.6. The Hall–Kier alpha value is -2.83. The van der Waals surface area contributed by atoms with Crippen LogP contribution in [0.25, 0.3) is 27.4 Å². The number of carboxylic acid groups (broad SMARTS) is 1. The summed E-state index contributed by atoms with van der Waals surface area (Å²) in [6.07, 6.45) is 2.08. The monoisotopic (exact) mass is 384 g/mol. The molecule has 0 fully saturated rings. The van der Waals surface area contributed by atoms with E-state index in [1.165, 1.54) is 7.11 Å². The molecule has 138 valence electrons. The number of aliphatic carboxylic acids is 1. The van der Waals surface area contributed by atoms with Crippen molar-refractivity contribution in [1.29, 1.82) is 0 Å². The third kappa shape index (κ3) is 2.87. The second kappa shape index (κ2) is 6.72. The molecule has 0 bridgehead atoms. The maximum atomic E-state index is 13.1. The smallest absolute Gasteiger partial charge is 0.323 e. The highest BCUT2D eigenvalue weighted by Crippen LogP contribution is 2.34. The van der Waals surface area contributed by atoms with Crippen LogP contribution in [-0.2, 0) is 11.3 Å². The summed E-state index contributed by atoms with van der Waals surface area (Å²) < 4.78 is 7.00. The summed E-state index contributed by atoms with van der Waals surface area (Å²) >= 11 is 6.25. The van der Waals surface area contributed by atoms with Gasteiger partial charge in [-0.2, -0.15) is 0 Å². The van der Waals surface area contributed by atoms with E-state index in [0.717, 1.165) is 24.2 Å². The Kier molecular flexibility index (Phi) is 4.37. The molecule has 6 nitrogen and oxygen atoms in total. The number of carbonyl (C=O) groups is 1. The third-order valence-corrected chi connectivity index (χ3v) is 5.11. The zero-order chi connectivity index (χ0) is 19.1. The van der Waals surface area contributed by atoms with Crippen molar-refractivity contribution in [2.24, 2.45) is 0 Å². The van der Waals surface area contributed by atoms with Gasteiger partial charge in [-0.1, -0.05) is 23.7 Å². The van der Waals surface area contributed by atoms with Crippen LogP contribution >= 0.6 is 11.6 Å². The lowest BCUT2D eigenvalue weighted by molar-refractivity contribution is -0.137. The average Bonchev–Trinajstić information content (AvgIpc) is 3.19. The number of benzene rings is 2. The van der Waals surface area contributed by atoms with Crippen LogP contribution in [-0.4, -0.2) is 35.8 Å². The normalized spacial score (nSPS) is 13.9. The molecular formula is C20H17ClN2O4. The van der Waals surface area contributed by atoms with Gasteiger partial charge in [0.25, 0.3) is 0 Å². The summed E-state index contributed by atoms with van der Waals surface area (Å²) in [7, 11) is 1.45. The van der Waals surface area contributed by atoms with Crippen molar-refractivity contribution >= 4 is 44.9 Å². The predicted octanol–water partition coefficient (Wildman–Crippen LogP) is 2.89. The highest BCUT2D eigenvalue weighted by molar-refractivity contribution is 6.33. The molecular weight excluding hydrogens is 368 g/mol. The summed E-state index contributed by atoms with van der Waals surface area (Å²) in [6.45, 7) is 1.21. The Morgan fingerprint density at radius 3 is 2.74 bits per heavy atom. The standard InChI is InChI=1S/C20H17ClN2O4/c1-27-20-15(21)5-4-14-18(20)23(10-17(24)25)16-8-11(12-6-7-22-9-12)2-3-13(16)19(14)26/h2-6,8,22H,7,9-10H2,1H3,(H,24,25). The summed E-state index contributed by atoms with van der Waals surface area (Å²) in [6, 6.07) is 8.71. The van der Waals surface area contributed by atoms with Crippen LogP contribution in [0.5, 0.6) is 5.75 Å². The second-order valence-electron chi connectivity index (χ2n) is 6.38. The molecule has 0 unspecified atom stereocenters. The number of pyridine rings is 1. The molecule has 0 atom stereocenters. The second-order valence-corrected chi connectivity index (χ2v) is 6.79. The first-order chi connectivity index (χ1) is 13.0. The van der Waals surface area contributed by atoms with Crippen molar-refractivity contribution in [3.05, 3.63) is 57.2 Å². The number of ether oxygens (including phenoxy) is 1. The number of hydrogen-bond acceptors (Lipinski definition) is 4. The van der Waals surface area contributed by atoms with E-state index in [1.807, 2.05) is 12.1 Å². The minimum atomic E-state index is -1.02. The lowest BCUT2D eigenvalue weighted by Gasteiger charge is -2.17. The third-order valence-electron chi connectivity index (χ3n) is 4.81. The van der Waals surface area contributed by atoms with E-state index < -0.39 is 5.97 Å². The molecule has 0 saturated carbocycles. The van der Waals surface area contributed by atoms with Crippen molar-refractivity contribution in [2.45, 2.75) is 6.54 Å². The van der Waals surface area contributed by atoms with Crippen molar-refractivity contribution in [3.63, 3.8) is 0 Å². The van der Waals surface area contributed by atoms with Crippen molar-refractivity contribution < 1.29 is 14.6 Å². The zero-order valence-corrected chi connectivity index (χ0v) is 15.3. The van der Waals surface area contributed by atoms with E-state index in [-0.39, 0.29) is 12.0 Å². The number of fused-ring (bicyclic) bond motifs is 2. The van der Waals surface area contributed by atoms with Crippen LogP contribution in [0, 0.1) is 0 Å². The average molecular weight is 385 g/mol. The molecule has 0 aliphatic carbocycles. The highest BCUT2D eigenvalue weighted by Gasteiger charge is 2.19. The number of hydrogen-bond donors (Lipinski definition) is 2. The number of methoxy groups -OCH3 is 1. The van der Waals surface area contributed by atoms with E-state index in [0.29, 0.717) is 32.6 Å². The predicted molar refractivity (Wildman–Crippen MR) is 106 cm³/mol. The number of carboxylic acids is 1. The van der Waals surface area contributed by atoms with Crippen LogP contribution in [0.1, 0.15) is 5.56 Å². The first-order valence-corrected chi connectivity index (χ1v) is 8.83. The fourth-order valence-electron chi connectivity index (χ4n) is 3.60. The molecule has 0 spiro atoms. The number of rotatable bonds is 4. The van der Waals surface area contributed by atoms with Gasteiger partial charge in [-0.3, -0.25) is 9.59 Å². The van der Waals surface area contributed by atoms with Gasteiger partial charge in [-0.25, -0.2) is 0 Å². The summed E-state index contributed by atoms with van der Waals surface area (Å²) in [5.74, 6) is -0.725. The van der Waals surface area contributed by atoms with E-state index >= 15 is 0 Å². The van der Waals surface area contributed by atoms with Crippen LogP contribution in [0.3, 0.4) is 0 Å². The molecule has 2 N–H and O–H groups in total. The maximum absolute atomic E-state index is 13.1. The number of nitrogens with one attached hydrogen (secondary N) is 1. The number of aromatic nitrogens is 1. The van der Waals surface area contributed by atoms with Crippen LogP contribution in [0.15, 0.2) is 41.2 Å². The largest absolute Gasteiger partial charge is 0.493 e. The maximum Gasteiger partial charge on any atom is 0.323 e. The number of halogens is 1. The van der Waals surface area contributed by atoms with Gasteiger partial charge < -0.3 is 19.7 Å². The van der Waals surface area contributed by atoms with Crippen molar-refractivity contribution in [2.75, 3.05) is 20.2 Å². The van der Waals surface area contributed by atoms with Gasteiger partial charge in [0.1, 0.15) is 6.54 Å². The molecule has 0 saturated heterocycles. The molecule has 1 aliphatic heterocycles. The molecule has 4 rings (SSSR count). The van der Waals surface area contributed by atoms with E-state index in [4.69, 9.17) is 16.3 Å². The van der Waals surface area contributed by atoms with Crippen molar-refractivity contribution in [3.8, 4) is 5.75 Å². The summed E-state index contributed by atoms with van der Waals surface area (Å²) in [4.78, 5) is 24.6. The molecule has 2 heterocycles.